The van der Waals surface area contributed by atoms with Gasteiger partial charge in [0.1, 0.15) is 64.4 Å². The van der Waals surface area contributed by atoms with Crippen molar-refractivity contribution in [3.8, 4) is 6.01 Å². The zero-order valence-corrected chi connectivity index (χ0v) is 68.3. The third-order valence-corrected chi connectivity index (χ3v) is 20.3. The fourth-order valence-electron chi connectivity index (χ4n) is 14.1. The molecule has 4 amide bonds. The molecule has 0 saturated carbocycles. The molecule has 0 radical (unpaired) electrons. The molecule has 1 unspecified atom stereocenters. The van der Waals surface area contributed by atoms with Crippen LogP contribution in [-0.2, 0) is 55.7 Å². The lowest BCUT2D eigenvalue weighted by molar-refractivity contribution is -0.00285. The van der Waals surface area contributed by atoms with E-state index in [0.717, 1.165) is 48.8 Å². The predicted molar refractivity (Wildman–Crippen MR) is 420 cm³/mol. The molecule has 25 nitrogen and oxygen atoms in total. The summed E-state index contributed by atoms with van der Waals surface area (Å²) in [6.07, 6.45) is -1.12. The number of rotatable bonds is 11. The van der Waals surface area contributed by atoms with E-state index in [0.29, 0.717) is 86.8 Å². The van der Waals surface area contributed by atoms with Gasteiger partial charge in [0.05, 0.1) is 77.1 Å². The molecule has 6 aliphatic heterocycles. The number of carbonyl (C=O) groups excluding carboxylic acids is 4. The van der Waals surface area contributed by atoms with Gasteiger partial charge in [-0.15, -0.1) is 0 Å². The number of fused-ring (bicyclic) bond motifs is 4. The van der Waals surface area contributed by atoms with E-state index in [-0.39, 0.29) is 80.1 Å². The van der Waals surface area contributed by atoms with Gasteiger partial charge < -0.3 is 58.1 Å². The third kappa shape index (κ3) is 21.4. The molecule has 8 heterocycles. The monoisotopic (exact) mass is 1640 g/mol. The average Bonchev–Trinajstić information content (AvgIpc) is 0.952. The fraction of sp³-hybridized carbons (Fsp3) is 0.558. The Morgan fingerprint density at radius 1 is 0.545 bits per heavy atom. The molecule has 4 aromatic carbocycles. The average molecular weight is 1640 g/mol. The smallest absolute Gasteiger partial charge is 0.410 e. The zero-order valence-electron chi connectivity index (χ0n) is 64.9. The van der Waals surface area contributed by atoms with Crippen LogP contribution in [0.2, 0.25) is 10.0 Å². The van der Waals surface area contributed by atoms with Crippen LogP contribution in [0.3, 0.4) is 0 Å². The molecule has 2 aromatic heterocycles. The second kappa shape index (κ2) is 34.9. The number of aliphatic hydroxyl groups is 1. The van der Waals surface area contributed by atoms with Gasteiger partial charge in [0.15, 0.2) is 0 Å². The predicted octanol–water partition coefficient (Wildman–Crippen LogP) is 14.2. The minimum atomic E-state index is -3.14. The molecule has 0 aliphatic carbocycles. The highest BCUT2D eigenvalue weighted by molar-refractivity contribution is 7.84. The van der Waals surface area contributed by atoms with Crippen LogP contribution in [0.4, 0.5) is 68.5 Å². The maximum atomic E-state index is 14.7. The number of aromatic nitrogens is 4. The molecule has 0 bridgehead atoms. The molecule has 4 saturated heterocycles. The van der Waals surface area contributed by atoms with Gasteiger partial charge in [0.25, 0.3) is 11.8 Å². The van der Waals surface area contributed by atoms with Crippen molar-refractivity contribution >= 4 is 116 Å². The maximum absolute atomic E-state index is 14.7. The van der Waals surface area contributed by atoms with Crippen LogP contribution >= 0.6 is 36.7 Å². The first-order valence-electron chi connectivity index (χ1n) is 36.4. The van der Waals surface area contributed by atoms with E-state index in [4.69, 9.17) is 80.1 Å². The summed E-state index contributed by atoms with van der Waals surface area (Å²) in [6, 6.07) is 14.6. The number of hydrogen-bond acceptors (Lipinski definition) is 19. The Balaban J connectivity index is 0.000000218. The van der Waals surface area contributed by atoms with Gasteiger partial charge in [-0.3, -0.25) is 23.8 Å². The first-order chi connectivity index (χ1) is 51.9. The Bertz CT molecular complexity index is 4600. The first kappa shape index (κ1) is 87.2. The summed E-state index contributed by atoms with van der Waals surface area (Å²) in [5, 5.41) is 12.1. The SMILES string of the molecule is CC(C)(C)OC(=O)N1CC(F)(F)C[C@H]1CO.S.[C-]#[N+]C[C@H]1CN(c2nc(OC[C@@H]3CC(F)(F)CN3C(=O)OC(C)(C)C)nc3c2CCN(c2cccc4ccc(F)c(Cl)c24)C3)CCN1C(=O)OC(C)(C)C.[C-]#[N+]C[C@H]1CN(c2nc(S(C)=O)nc3c2CCN(c2cccc4ccc(F)c(Cl)c24)C3)CCN1C(=O)OC(C)(C)C. The quantitative estimate of drug-likeness (QED) is 0.0549. The highest BCUT2D eigenvalue weighted by Crippen LogP contribution is 2.42. The van der Waals surface area contributed by atoms with E-state index in [1.54, 1.807) is 90.5 Å². The van der Waals surface area contributed by atoms with Gasteiger partial charge in [0.2, 0.25) is 18.2 Å². The summed E-state index contributed by atoms with van der Waals surface area (Å²) in [5.41, 5.74) is 1.66. The second-order valence-electron chi connectivity index (χ2n) is 32.1. The minimum absolute atomic E-state index is 0. The Hall–Kier alpha value is -8.76. The van der Waals surface area contributed by atoms with Crippen LogP contribution in [0.25, 0.3) is 31.2 Å². The molecule has 35 heteroatoms. The van der Waals surface area contributed by atoms with Gasteiger partial charge in [-0.1, -0.05) is 59.6 Å². The van der Waals surface area contributed by atoms with Crippen molar-refractivity contribution in [3.63, 3.8) is 0 Å². The van der Waals surface area contributed by atoms with Gasteiger partial charge in [-0.2, -0.15) is 23.5 Å². The molecular weight excluding hydrogens is 1550 g/mol. The largest absolute Gasteiger partial charge is 0.461 e. The number of aliphatic hydroxyl groups excluding tert-OH is 1. The fourth-order valence-corrected chi connectivity index (χ4v) is 15.1. The summed E-state index contributed by atoms with van der Waals surface area (Å²) < 4.78 is 125. The van der Waals surface area contributed by atoms with Crippen molar-refractivity contribution in [2.45, 2.75) is 185 Å². The van der Waals surface area contributed by atoms with Crippen molar-refractivity contribution in [1.82, 2.24) is 39.5 Å². The highest BCUT2D eigenvalue weighted by Gasteiger charge is 2.50. The van der Waals surface area contributed by atoms with Crippen LogP contribution in [0.1, 0.15) is 118 Å². The molecule has 12 rings (SSSR count). The number of benzene rings is 4. The van der Waals surface area contributed by atoms with Gasteiger partial charge >= 0.3 is 30.4 Å². The highest BCUT2D eigenvalue weighted by atomic mass is 35.5. The van der Waals surface area contributed by atoms with Crippen molar-refractivity contribution < 1.29 is 78.5 Å². The van der Waals surface area contributed by atoms with Crippen molar-refractivity contribution in [2.24, 2.45) is 0 Å². The molecule has 1 N–H and O–H groups in total. The van der Waals surface area contributed by atoms with Gasteiger partial charge in [-0.05, 0) is 131 Å². The lowest BCUT2D eigenvalue weighted by atomic mass is 10.0. The van der Waals surface area contributed by atoms with Crippen LogP contribution in [0.5, 0.6) is 6.01 Å². The molecule has 6 aromatic rings. The number of alkyl halides is 4. The van der Waals surface area contributed by atoms with Crippen molar-refractivity contribution in [1.29, 1.82) is 0 Å². The molecule has 5 atom stereocenters. The number of anilines is 4. The van der Waals surface area contributed by atoms with Crippen LogP contribution in [0, 0.1) is 24.8 Å². The lowest BCUT2D eigenvalue weighted by Crippen LogP contribution is -2.57. The molecule has 0 spiro atoms. The second-order valence-corrected chi connectivity index (χ2v) is 34.2. The molecule has 6 aliphatic rings. The number of hydrogen-bond donors (Lipinski definition) is 1. The Labute approximate surface area is 667 Å². The maximum Gasteiger partial charge on any atom is 0.410 e. The summed E-state index contributed by atoms with van der Waals surface area (Å²) in [4.78, 5) is 90.0. The normalized spacial score (nSPS) is 19.9. The summed E-state index contributed by atoms with van der Waals surface area (Å²) >= 11 is 12.9. The molecule has 112 heavy (non-hydrogen) atoms. The third-order valence-electron chi connectivity index (χ3n) is 18.9. The number of likely N-dealkylation sites (tertiary alicyclic amines) is 2. The van der Waals surface area contributed by atoms with E-state index in [1.165, 1.54) is 12.1 Å². The van der Waals surface area contributed by atoms with E-state index >= 15 is 0 Å². The molecule has 4 fully saturated rings. The van der Waals surface area contributed by atoms with Crippen LogP contribution in [0.15, 0.2) is 65.8 Å². The summed E-state index contributed by atoms with van der Waals surface area (Å²) in [6.45, 7) is 37.7. The van der Waals surface area contributed by atoms with Crippen LogP contribution in [-0.4, -0.2) is 230 Å². The van der Waals surface area contributed by atoms with Crippen molar-refractivity contribution in [2.75, 3.05) is 118 Å². The Kier molecular flexibility index (Phi) is 27.2. The standard InChI is InChI=1S/C38H45ClF3N7O5.C29H32ClFN6O3S.C10H17F2NO3.H2S/c1-36(2,3)53-34(50)48-16-15-47(19-25(48)18-43-7)32-26-13-14-46(29-10-8-9-23-11-12-27(40)31(39)30(23)29)20-28(26)44-33(45-32)52-21-24-17-38(41,42)22-49(24)35(51)54-37(4,5)6;1-29(2,3)40-28(38)37-14-13-36(16-19(37)15-32-4)26-20-11-12-35(17-22(20)33-27(34-26)41(5)39)23-8-6-7-18-9-10-21(31)25(30)24(18)23;1-9(2,3)16-8(15)13-6-10(11,12)4-7(13)5-14;/h8-12,24-25H,13-22H2,1-6H3;6-10,19H,11-17H2,1-3,5H3;7,14H,4-6H2,1-3H3;1H2/t24-,25-;19-,41?;7-;/m000./s1. The molecular formula is C77H96Cl2F6N14O11S2. The Morgan fingerprint density at radius 3 is 1.34 bits per heavy atom. The van der Waals surface area contributed by atoms with Crippen LogP contribution < -0.4 is 24.3 Å². The number of piperazine rings is 2. The first-order valence-corrected chi connectivity index (χ1v) is 38.8. The topological polar surface area (TPSA) is 238 Å². The summed E-state index contributed by atoms with van der Waals surface area (Å²) in [5.74, 6) is -5.87. The minimum Gasteiger partial charge on any atom is -0.461 e. The van der Waals surface area contributed by atoms with E-state index in [2.05, 4.69) is 24.5 Å². The number of halogens is 8. The number of nitrogens with zero attached hydrogens (tertiary/aromatic N) is 14. The van der Waals surface area contributed by atoms with Gasteiger partial charge in [0, 0.05) is 105 Å². The molecule has 608 valence electrons. The van der Waals surface area contributed by atoms with E-state index < -0.39 is 132 Å². The number of carbonyl (C=O) groups is 4. The van der Waals surface area contributed by atoms with Gasteiger partial charge in [-0.25, -0.2) is 68.6 Å². The Morgan fingerprint density at radius 2 is 0.938 bits per heavy atom. The van der Waals surface area contributed by atoms with E-state index in [1.807, 2.05) is 67.0 Å². The summed E-state index contributed by atoms with van der Waals surface area (Å²) in [7, 11) is -1.44. The number of ether oxygens (including phenoxy) is 5. The lowest BCUT2D eigenvalue weighted by Gasteiger charge is -2.41. The zero-order chi connectivity index (χ0) is 81.2. The number of amides is 4. The van der Waals surface area contributed by atoms with Crippen molar-refractivity contribution in [3.05, 3.63) is 128 Å². The van der Waals surface area contributed by atoms with E-state index in [9.17, 15) is 49.7 Å².